The zero-order valence-electron chi connectivity index (χ0n) is 18.3. The Bertz CT molecular complexity index is 845. The summed E-state index contributed by atoms with van der Waals surface area (Å²) in [6, 6.07) is 8.15. The average molecular weight is 543 g/mol. The Labute approximate surface area is 193 Å². The van der Waals surface area contributed by atoms with Crippen LogP contribution in [-0.2, 0) is 9.22 Å². The number of hydrogen-bond acceptors (Lipinski definition) is 4. The van der Waals surface area contributed by atoms with Gasteiger partial charge in [-0.05, 0) is 50.2 Å². The molecule has 0 spiro atoms. The van der Waals surface area contributed by atoms with Crippen LogP contribution >= 0.6 is 34.4 Å². The summed E-state index contributed by atoms with van der Waals surface area (Å²) in [5, 5.41) is 0.908. The van der Waals surface area contributed by atoms with Gasteiger partial charge in [0.05, 0.1) is 23.8 Å². The molecule has 158 valence electrons. The summed E-state index contributed by atoms with van der Waals surface area (Å²) in [5.41, 5.74) is 2.08. The molecule has 0 radical (unpaired) electrons. The molecule has 2 aliphatic heterocycles. The van der Waals surface area contributed by atoms with Crippen molar-refractivity contribution in [3.05, 3.63) is 40.8 Å². The van der Waals surface area contributed by atoms with Gasteiger partial charge < -0.3 is 4.43 Å². The quantitative estimate of drug-likeness (QED) is 0.190. The Kier molecular flexibility index (Phi) is 6.73. The van der Waals surface area contributed by atoms with Crippen LogP contribution in [0, 0.1) is 12.8 Å². The SMILES string of the molecule is Cc1ccc(N=C2SC(CI)=C[C@@H]3[C@@H]([C@@H](C)O[Si](C)(C)C(C)(C)C)C(=O)N23)cc1. The maximum atomic E-state index is 13.2. The molecule has 7 heteroatoms. The van der Waals surface area contributed by atoms with Crippen LogP contribution in [0.3, 0.4) is 0 Å². The van der Waals surface area contributed by atoms with Crippen molar-refractivity contribution in [2.45, 2.75) is 64.9 Å². The van der Waals surface area contributed by atoms with Crippen molar-refractivity contribution in [2.75, 3.05) is 4.43 Å². The number of rotatable bonds is 5. The summed E-state index contributed by atoms with van der Waals surface area (Å²) in [7, 11) is -1.94. The molecule has 1 saturated heterocycles. The van der Waals surface area contributed by atoms with E-state index in [-0.39, 0.29) is 29.0 Å². The first kappa shape index (κ1) is 23.0. The van der Waals surface area contributed by atoms with Gasteiger partial charge in [-0.1, -0.05) is 72.8 Å². The van der Waals surface area contributed by atoms with Crippen molar-refractivity contribution in [3.8, 4) is 0 Å². The third-order valence-electron chi connectivity index (χ3n) is 6.16. The number of β-lactam (4-membered cyclic amide) rings is 1. The van der Waals surface area contributed by atoms with Crippen LogP contribution in [0.2, 0.25) is 18.1 Å². The van der Waals surface area contributed by atoms with Crippen molar-refractivity contribution in [1.29, 1.82) is 0 Å². The van der Waals surface area contributed by atoms with Crippen LogP contribution in [0.5, 0.6) is 0 Å². The van der Waals surface area contributed by atoms with E-state index in [4.69, 9.17) is 9.42 Å². The van der Waals surface area contributed by atoms with Gasteiger partial charge in [0.25, 0.3) is 0 Å². The van der Waals surface area contributed by atoms with Crippen LogP contribution in [-0.4, -0.2) is 40.9 Å². The molecule has 1 amide bonds. The Morgan fingerprint density at radius 1 is 1.28 bits per heavy atom. The summed E-state index contributed by atoms with van der Waals surface area (Å²) in [5.74, 6) is -0.00507. The minimum absolute atomic E-state index is 0.0393. The number of alkyl halides is 1. The van der Waals surface area contributed by atoms with Gasteiger partial charge in [-0.2, -0.15) is 0 Å². The van der Waals surface area contributed by atoms with Crippen molar-refractivity contribution < 1.29 is 9.22 Å². The number of halogens is 1. The van der Waals surface area contributed by atoms with Crippen LogP contribution in [0.25, 0.3) is 0 Å². The second-order valence-corrected chi connectivity index (χ2v) is 16.0. The summed E-state index contributed by atoms with van der Waals surface area (Å²) in [6.07, 6.45) is 2.14. The zero-order valence-corrected chi connectivity index (χ0v) is 22.3. The van der Waals surface area contributed by atoms with E-state index in [9.17, 15) is 4.79 Å². The number of nitrogens with zero attached hydrogens (tertiary/aromatic N) is 2. The first-order valence-corrected chi connectivity index (χ1v) is 15.3. The minimum Gasteiger partial charge on any atom is -0.413 e. The van der Waals surface area contributed by atoms with E-state index in [0.29, 0.717) is 0 Å². The van der Waals surface area contributed by atoms with E-state index in [1.807, 2.05) is 17.0 Å². The van der Waals surface area contributed by atoms with E-state index in [1.54, 1.807) is 11.8 Å². The highest BCUT2D eigenvalue weighted by molar-refractivity contribution is 14.1. The van der Waals surface area contributed by atoms with E-state index in [1.165, 1.54) is 10.5 Å². The number of amidine groups is 1. The summed E-state index contributed by atoms with van der Waals surface area (Å²) in [4.78, 5) is 21.1. The molecular formula is C22H31IN2O2SSi. The number of fused-ring (bicyclic) bond motifs is 1. The maximum Gasteiger partial charge on any atom is 0.237 e. The molecule has 29 heavy (non-hydrogen) atoms. The molecule has 4 nitrogen and oxygen atoms in total. The summed E-state index contributed by atoms with van der Waals surface area (Å²) in [6.45, 7) is 15.3. The second kappa shape index (κ2) is 8.47. The Hall–Kier alpha value is -0.643. The Morgan fingerprint density at radius 2 is 1.90 bits per heavy atom. The molecule has 0 saturated carbocycles. The molecule has 0 bridgehead atoms. The topological polar surface area (TPSA) is 41.9 Å². The lowest BCUT2D eigenvalue weighted by atomic mass is 9.83. The molecule has 1 fully saturated rings. The summed E-state index contributed by atoms with van der Waals surface area (Å²) >= 11 is 3.99. The number of thioether (sulfide) groups is 1. The molecule has 3 atom stereocenters. The minimum atomic E-state index is -1.94. The van der Waals surface area contributed by atoms with Gasteiger partial charge in [-0.25, -0.2) is 4.99 Å². The molecule has 0 aliphatic carbocycles. The van der Waals surface area contributed by atoms with E-state index >= 15 is 0 Å². The Morgan fingerprint density at radius 3 is 2.45 bits per heavy atom. The number of carbonyl (C=O) groups is 1. The number of aliphatic imine (C=N–C) groups is 1. The molecule has 2 aliphatic rings. The monoisotopic (exact) mass is 542 g/mol. The standard InChI is InChI=1S/C22H31IN2O2SSi/c1-14-8-10-16(11-9-14)24-21-25-18(12-17(13-23)28-21)19(20(25)26)15(2)27-29(6,7)22(3,4)5/h8-12,15,18-19H,13H2,1-7H3/t15-,18-,19-/m1/s1. The second-order valence-electron chi connectivity index (χ2n) is 9.41. The first-order chi connectivity index (χ1) is 13.4. The van der Waals surface area contributed by atoms with Crippen LogP contribution < -0.4 is 0 Å². The predicted molar refractivity (Wildman–Crippen MR) is 135 cm³/mol. The van der Waals surface area contributed by atoms with Crippen LogP contribution in [0.15, 0.2) is 40.2 Å². The third-order valence-corrected chi connectivity index (χ3v) is 13.1. The lowest BCUT2D eigenvalue weighted by Gasteiger charge is -2.51. The van der Waals surface area contributed by atoms with Crippen molar-refractivity contribution in [3.63, 3.8) is 0 Å². The third kappa shape index (κ3) is 4.67. The molecule has 2 heterocycles. The van der Waals surface area contributed by atoms with E-state index in [2.05, 4.69) is 88.5 Å². The number of amides is 1. The largest absolute Gasteiger partial charge is 0.413 e. The number of aryl methyl sites for hydroxylation is 1. The zero-order chi connectivity index (χ0) is 21.6. The fourth-order valence-corrected chi connectivity index (χ4v) is 6.50. The molecular weight excluding hydrogens is 511 g/mol. The number of hydrogen-bond donors (Lipinski definition) is 0. The maximum absolute atomic E-state index is 13.2. The lowest BCUT2D eigenvalue weighted by Crippen LogP contribution is -2.67. The molecule has 0 N–H and O–H groups in total. The lowest BCUT2D eigenvalue weighted by molar-refractivity contribution is -0.150. The van der Waals surface area contributed by atoms with Crippen molar-refractivity contribution in [2.24, 2.45) is 10.9 Å². The summed E-state index contributed by atoms with van der Waals surface area (Å²) < 4.78 is 7.49. The highest BCUT2D eigenvalue weighted by Gasteiger charge is 2.54. The smallest absolute Gasteiger partial charge is 0.237 e. The number of benzene rings is 1. The van der Waals surface area contributed by atoms with Crippen LogP contribution in [0.4, 0.5) is 5.69 Å². The van der Waals surface area contributed by atoms with Gasteiger partial charge in [0, 0.05) is 9.33 Å². The highest BCUT2D eigenvalue weighted by Crippen LogP contribution is 2.45. The Balaban J connectivity index is 1.85. The average Bonchev–Trinajstić information content (AvgIpc) is 2.61. The molecule has 0 unspecified atom stereocenters. The highest BCUT2D eigenvalue weighted by atomic mass is 127. The normalized spacial score (nSPS) is 24.8. The molecule has 1 aromatic rings. The molecule has 0 aromatic heterocycles. The van der Waals surface area contributed by atoms with Gasteiger partial charge in [-0.15, -0.1) is 0 Å². The first-order valence-electron chi connectivity index (χ1n) is 10.1. The van der Waals surface area contributed by atoms with Gasteiger partial charge in [-0.3, -0.25) is 9.69 Å². The van der Waals surface area contributed by atoms with Gasteiger partial charge >= 0.3 is 0 Å². The molecule has 3 rings (SSSR count). The fraction of sp³-hybridized carbons (Fsp3) is 0.545. The van der Waals surface area contributed by atoms with Crippen molar-refractivity contribution >= 4 is 59.4 Å². The number of carbonyl (C=O) groups excluding carboxylic acids is 1. The van der Waals surface area contributed by atoms with Crippen molar-refractivity contribution in [1.82, 2.24) is 4.90 Å². The van der Waals surface area contributed by atoms with Crippen LogP contribution in [0.1, 0.15) is 33.3 Å². The van der Waals surface area contributed by atoms with Gasteiger partial charge in [0.2, 0.25) is 5.91 Å². The van der Waals surface area contributed by atoms with E-state index in [0.717, 1.165) is 15.3 Å². The van der Waals surface area contributed by atoms with Gasteiger partial charge in [0.1, 0.15) is 0 Å². The van der Waals surface area contributed by atoms with E-state index < -0.39 is 8.32 Å². The molecule has 1 aromatic carbocycles. The number of allylic oxidation sites excluding steroid dienone is 1. The van der Waals surface area contributed by atoms with Gasteiger partial charge in [0.15, 0.2) is 13.5 Å². The fourth-order valence-electron chi connectivity index (χ4n) is 3.39. The predicted octanol–water partition coefficient (Wildman–Crippen LogP) is 6.29.